The van der Waals surface area contributed by atoms with Gasteiger partial charge < -0.3 is 10.8 Å². The third-order valence-corrected chi connectivity index (χ3v) is 2.32. The summed E-state index contributed by atoms with van der Waals surface area (Å²) in [6.07, 6.45) is -0.265. The highest BCUT2D eigenvalue weighted by atomic mass is 19.1. The first-order valence-corrected chi connectivity index (χ1v) is 3.91. The van der Waals surface area contributed by atoms with Crippen LogP contribution in [0.1, 0.15) is 17.2 Å². The van der Waals surface area contributed by atoms with Gasteiger partial charge in [-0.2, -0.15) is 0 Å². The second-order valence-corrected chi connectivity index (χ2v) is 3.12. The average molecular weight is 167 g/mol. The van der Waals surface area contributed by atoms with E-state index < -0.39 is 6.10 Å². The van der Waals surface area contributed by atoms with Gasteiger partial charge >= 0.3 is 0 Å². The number of nitrogens with two attached hydrogens (primary N) is 1. The van der Waals surface area contributed by atoms with Crippen LogP contribution < -0.4 is 5.73 Å². The van der Waals surface area contributed by atoms with Gasteiger partial charge in [-0.3, -0.25) is 0 Å². The van der Waals surface area contributed by atoms with Gasteiger partial charge in [-0.05, 0) is 23.6 Å². The summed E-state index contributed by atoms with van der Waals surface area (Å²) in [5.41, 5.74) is 6.79. The summed E-state index contributed by atoms with van der Waals surface area (Å²) in [5, 5.41) is 9.48. The fourth-order valence-corrected chi connectivity index (χ4v) is 1.65. The van der Waals surface area contributed by atoms with E-state index in [1.165, 1.54) is 6.07 Å². The molecule has 0 bridgehead atoms. The Labute approximate surface area is 69.8 Å². The molecule has 0 spiro atoms. The van der Waals surface area contributed by atoms with Crippen molar-refractivity contribution in [1.29, 1.82) is 0 Å². The molecule has 0 unspecified atom stereocenters. The Balaban J connectivity index is 2.53. The van der Waals surface area contributed by atoms with Gasteiger partial charge in [0.05, 0.1) is 6.10 Å². The predicted octanol–water partition coefficient (Wildman–Crippen LogP) is 0.743. The summed E-state index contributed by atoms with van der Waals surface area (Å²) < 4.78 is 13.1. The monoisotopic (exact) mass is 167 g/mol. The molecule has 0 heterocycles. The molecule has 0 saturated carbocycles. The van der Waals surface area contributed by atoms with Crippen LogP contribution >= 0.6 is 0 Å². The number of aliphatic hydroxyl groups is 1. The number of benzene rings is 1. The molecule has 2 atom stereocenters. The Morgan fingerprint density at radius 1 is 1.50 bits per heavy atom. The van der Waals surface area contributed by atoms with Crippen LogP contribution in [-0.2, 0) is 6.42 Å². The number of hydrogen-bond acceptors (Lipinski definition) is 2. The van der Waals surface area contributed by atoms with Gasteiger partial charge in [0.15, 0.2) is 0 Å². The van der Waals surface area contributed by atoms with Crippen LogP contribution in [0.5, 0.6) is 0 Å². The van der Waals surface area contributed by atoms with E-state index in [9.17, 15) is 9.50 Å². The van der Waals surface area contributed by atoms with Crippen LogP contribution in [0, 0.1) is 5.82 Å². The lowest BCUT2D eigenvalue weighted by Crippen LogP contribution is -2.24. The van der Waals surface area contributed by atoms with Crippen molar-refractivity contribution in [2.24, 2.45) is 5.73 Å². The third-order valence-electron chi connectivity index (χ3n) is 2.32. The van der Waals surface area contributed by atoms with E-state index in [0.717, 1.165) is 0 Å². The van der Waals surface area contributed by atoms with E-state index in [4.69, 9.17) is 5.73 Å². The topological polar surface area (TPSA) is 46.2 Å². The zero-order valence-electron chi connectivity index (χ0n) is 6.50. The van der Waals surface area contributed by atoms with E-state index in [0.29, 0.717) is 17.5 Å². The Morgan fingerprint density at radius 2 is 2.25 bits per heavy atom. The number of aliphatic hydroxyl groups excluding tert-OH is 1. The number of rotatable bonds is 0. The molecular formula is C9H10FNO. The van der Waals surface area contributed by atoms with Crippen molar-refractivity contribution in [3.8, 4) is 0 Å². The molecule has 3 heteroatoms. The van der Waals surface area contributed by atoms with Crippen LogP contribution in [-0.4, -0.2) is 11.1 Å². The van der Waals surface area contributed by atoms with Gasteiger partial charge in [-0.25, -0.2) is 4.39 Å². The molecule has 0 fully saturated rings. The lowest BCUT2D eigenvalue weighted by Gasteiger charge is -2.07. The molecule has 0 saturated heterocycles. The fraction of sp³-hybridized carbons (Fsp3) is 0.333. The van der Waals surface area contributed by atoms with Gasteiger partial charge in [-0.1, -0.05) is 12.1 Å². The predicted molar refractivity (Wildman–Crippen MR) is 43.0 cm³/mol. The summed E-state index contributed by atoms with van der Waals surface area (Å²) in [6.45, 7) is 0. The Morgan fingerprint density at radius 3 is 2.92 bits per heavy atom. The minimum absolute atomic E-state index is 0.264. The highest BCUT2D eigenvalue weighted by Gasteiger charge is 2.29. The van der Waals surface area contributed by atoms with Crippen molar-refractivity contribution in [2.75, 3.05) is 0 Å². The molecule has 0 amide bonds. The number of fused-ring (bicyclic) bond motifs is 1. The Kier molecular flexibility index (Phi) is 1.63. The maximum atomic E-state index is 13.1. The van der Waals surface area contributed by atoms with Crippen LogP contribution in [0.15, 0.2) is 18.2 Å². The van der Waals surface area contributed by atoms with Gasteiger partial charge in [0.25, 0.3) is 0 Å². The molecule has 2 rings (SSSR count). The lowest BCUT2D eigenvalue weighted by atomic mass is 10.1. The summed E-state index contributed by atoms with van der Waals surface area (Å²) >= 11 is 0. The molecule has 64 valence electrons. The molecule has 0 radical (unpaired) electrons. The standard InChI is InChI=1S/C9H10FNO/c10-7-3-1-2-5-6(7)4-8(11)9(5)12/h1-3,8-9,12H,4,11H2/t8-,9-/m0/s1. The highest BCUT2D eigenvalue weighted by molar-refractivity contribution is 5.36. The van der Waals surface area contributed by atoms with Crippen LogP contribution in [0.25, 0.3) is 0 Å². The van der Waals surface area contributed by atoms with Crippen LogP contribution in [0.2, 0.25) is 0 Å². The Bertz CT molecular complexity index is 313. The number of halogens is 1. The highest BCUT2D eigenvalue weighted by Crippen LogP contribution is 2.31. The zero-order valence-corrected chi connectivity index (χ0v) is 6.50. The summed E-state index contributed by atoms with van der Waals surface area (Å²) in [4.78, 5) is 0. The molecule has 1 aromatic carbocycles. The first kappa shape index (κ1) is 7.71. The molecule has 3 N–H and O–H groups in total. The van der Waals surface area contributed by atoms with Crippen LogP contribution in [0.3, 0.4) is 0 Å². The van der Waals surface area contributed by atoms with E-state index in [2.05, 4.69) is 0 Å². The first-order chi connectivity index (χ1) is 5.70. The second-order valence-electron chi connectivity index (χ2n) is 3.12. The fourth-order valence-electron chi connectivity index (χ4n) is 1.65. The minimum atomic E-state index is -0.698. The van der Waals surface area contributed by atoms with Gasteiger partial charge in [0.2, 0.25) is 0 Å². The molecule has 2 nitrogen and oxygen atoms in total. The van der Waals surface area contributed by atoms with Crippen molar-refractivity contribution in [1.82, 2.24) is 0 Å². The third kappa shape index (κ3) is 0.940. The van der Waals surface area contributed by atoms with E-state index in [1.807, 2.05) is 0 Å². The largest absolute Gasteiger partial charge is 0.387 e. The van der Waals surface area contributed by atoms with Crippen molar-refractivity contribution in [3.05, 3.63) is 35.1 Å². The van der Waals surface area contributed by atoms with Crippen molar-refractivity contribution in [3.63, 3.8) is 0 Å². The SMILES string of the molecule is N[C@H]1Cc2c(F)cccc2[C@@H]1O. The van der Waals surface area contributed by atoms with Gasteiger partial charge in [-0.15, -0.1) is 0 Å². The first-order valence-electron chi connectivity index (χ1n) is 3.91. The van der Waals surface area contributed by atoms with Crippen molar-refractivity contribution in [2.45, 2.75) is 18.6 Å². The summed E-state index contributed by atoms with van der Waals surface area (Å²) in [6, 6.07) is 4.35. The Hall–Kier alpha value is -0.930. The molecule has 0 aromatic heterocycles. The average Bonchev–Trinajstić information content (AvgIpc) is 2.32. The van der Waals surface area contributed by atoms with Gasteiger partial charge in [0.1, 0.15) is 5.82 Å². The zero-order chi connectivity index (χ0) is 8.72. The molecule has 12 heavy (non-hydrogen) atoms. The summed E-state index contributed by atoms with van der Waals surface area (Å²) in [7, 11) is 0. The molecular weight excluding hydrogens is 157 g/mol. The summed E-state index contributed by atoms with van der Waals surface area (Å²) in [5.74, 6) is -0.264. The van der Waals surface area contributed by atoms with Gasteiger partial charge in [0, 0.05) is 6.04 Å². The molecule has 1 aromatic rings. The minimum Gasteiger partial charge on any atom is -0.387 e. The normalized spacial score (nSPS) is 27.2. The number of hydrogen-bond donors (Lipinski definition) is 2. The molecule has 1 aliphatic rings. The van der Waals surface area contributed by atoms with Crippen LogP contribution in [0.4, 0.5) is 4.39 Å². The lowest BCUT2D eigenvalue weighted by molar-refractivity contribution is 0.159. The van der Waals surface area contributed by atoms with E-state index >= 15 is 0 Å². The maximum absolute atomic E-state index is 13.1. The maximum Gasteiger partial charge on any atom is 0.126 e. The molecule has 0 aliphatic heterocycles. The van der Waals surface area contributed by atoms with Crippen molar-refractivity contribution >= 4 is 0 Å². The van der Waals surface area contributed by atoms with E-state index in [-0.39, 0.29) is 11.9 Å². The van der Waals surface area contributed by atoms with Crippen molar-refractivity contribution < 1.29 is 9.50 Å². The molecule has 1 aliphatic carbocycles. The quantitative estimate of drug-likeness (QED) is 0.598. The van der Waals surface area contributed by atoms with E-state index in [1.54, 1.807) is 12.1 Å². The smallest absolute Gasteiger partial charge is 0.126 e. The second kappa shape index (κ2) is 2.54.